The number of ether oxygens (including phenoxy) is 1. The molecule has 1 aromatic heterocycles. The molecule has 0 saturated heterocycles. The number of halogens is 1. The van der Waals surface area contributed by atoms with E-state index < -0.39 is 5.97 Å². The molecule has 2 N–H and O–H groups in total. The summed E-state index contributed by atoms with van der Waals surface area (Å²) in [6.07, 6.45) is 0. The van der Waals surface area contributed by atoms with E-state index in [-0.39, 0.29) is 6.61 Å². The summed E-state index contributed by atoms with van der Waals surface area (Å²) in [4.78, 5) is 11.9. The molecule has 5 nitrogen and oxygen atoms in total. The van der Waals surface area contributed by atoms with Crippen LogP contribution in [0.5, 0.6) is 0 Å². The number of benzene rings is 1. The minimum absolute atomic E-state index is 0.0845. The lowest BCUT2D eigenvalue weighted by Crippen LogP contribution is -2.10. The van der Waals surface area contributed by atoms with E-state index >= 15 is 0 Å². The maximum atomic E-state index is 11.9. The third-order valence-corrected chi connectivity index (χ3v) is 3.41. The van der Waals surface area contributed by atoms with Gasteiger partial charge in [0.1, 0.15) is 6.61 Å². The molecule has 0 radical (unpaired) electrons. The van der Waals surface area contributed by atoms with Crippen LogP contribution in [0.25, 0.3) is 0 Å². The zero-order valence-electron chi connectivity index (χ0n) is 11.4. The Morgan fingerprint density at radius 3 is 2.90 bits per heavy atom. The fourth-order valence-electron chi connectivity index (χ4n) is 1.89. The topological polar surface area (TPSA) is 70.1 Å². The van der Waals surface area contributed by atoms with Crippen molar-refractivity contribution in [2.24, 2.45) is 0 Å². The van der Waals surface area contributed by atoms with Gasteiger partial charge in [-0.3, -0.25) is 4.68 Å². The Balaban J connectivity index is 2.11. The minimum atomic E-state index is -0.435. The van der Waals surface area contributed by atoms with Crippen molar-refractivity contribution < 1.29 is 9.53 Å². The Labute approximate surface area is 122 Å². The number of carbonyl (C=O) groups excluding carboxylic acids is 1. The fourth-order valence-corrected chi connectivity index (χ4v) is 2.08. The van der Waals surface area contributed by atoms with Gasteiger partial charge in [0.05, 0.1) is 22.0 Å². The predicted octanol–water partition coefficient (Wildman–Crippen LogP) is 2.80. The molecule has 0 unspecified atom stereocenters. The van der Waals surface area contributed by atoms with Gasteiger partial charge in [0, 0.05) is 12.2 Å². The standard InChI is InChI=1S/C14H16ClN3O2/c1-3-18-12(13(15)9(2)17-18)8-20-14(19)10-5-4-6-11(16)7-10/h4-7H,3,8,16H2,1-2H3. The summed E-state index contributed by atoms with van der Waals surface area (Å²) in [5, 5.41) is 4.80. The summed E-state index contributed by atoms with van der Waals surface area (Å²) in [5.41, 5.74) is 7.99. The maximum absolute atomic E-state index is 11.9. The normalized spacial score (nSPS) is 10.6. The summed E-state index contributed by atoms with van der Waals surface area (Å²) in [7, 11) is 0. The average Bonchev–Trinajstić information content (AvgIpc) is 2.71. The second-order valence-corrected chi connectivity index (χ2v) is 4.74. The van der Waals surface area contributed by atoms with Crippen molar-refractivity contribution in [3.05, 3.63) is 46.2 Å². The second-order valence-electron chi connectivity index (χ2n) is 4.36. The van der Waals surface area contributed by atoms with E-state index in [1.807, 2.05) is 13.8 Å². The first-order valence-corrected chi connectivity index (χ1v) is 6.65. The van der Waals surface area contributed by atoms with E-state index in [0.717, 1.165) is 5.69 Å². The Hall–Kier alpha value is -2.01. The maximum Gasteiger partial charge on any atom is 0.338 e. The first-order valence-electron chi connectivity index (χ1n) is 6.27. The SMILES string of the molecule is CCn1nc(C)c(Cl)c1COC(=O)c1cccc(N)c1. The Bertz CT molecular complexity index is 637. The van der Waals surface area contributed by atoms with Gasteiger partial charge >= 0.3 is 5.97 Å². The van der Waals surface area contributed by atoms with E-state index in [2.05, 4.69) is 5.10 Å². The monoisotopic (exact) mass is 293 g/mol. The van der Waals surface area contributed by atoms with Gasteiger partial charge < -0.3 is 10.5 Å². The van der Waals surface area contributed by atoms with Crippen LogP contribution in [0.3, 0.4) is 0 Å². The number of esters is 1. The van der Waals surface area contributed by atoms with Crippen molar-refractivity contribution in [3.63, 3.8) is 0 Å². The van der Waals surface area contributed by atoms with Gasteiger partial charge in [0.25, 0.3) is 0 Å². The third kappa shape index (κ3) is 2.93. The minimum Gasteiger partial charge on any atom is -0.456 e. The number of hydrogen-bond donors (Lipinski definition) is 1. The number of nitrogens with zero attached hydrogens (tertiary/aromatic N) is 2. The van der Waals surface area contributed by atoms with Crippen molar-refractivity contribution in [3.8, 4) is 0 Å². The summed E-state index contributed by atoms with van der Waals surface area (Å²) in [6.45, 7) is 4.52. The van der Waals surface area contributed by atoms with Crippen LogP contribution < -0.4 is 5.73 Å². The summed E-state index contributed by atoms with van der Waals surface area (Å²) in [6, 6.07) is 6.65. The number of carbonyl (C=O) groups is 1. The highest BCUT2D eigenvalue weighted by Gasteiger charge is 2.15. The number of hydrogen-bond acceptors (Lipinski definition) is 4. The van der Waals surface area contributed by atoms with E-state index in [1.54, 1.807) is 28.9 Å². The molecular formula is C14H16ClN3O2. The van der Waals surface area contributed by atoms with Gasteiger partial charge in [-0.05, 0) is 32.0 Å². The smallest absolute Gasteiger partial charge is 0.338 e. The van der Waals surface area contributed by atoms with E-state index in [9.17, 15) is 4.79 Å². The molecule has 0 fully saturated rings. The van der Waals surface area contributed by atoms with Crippen LogP contribution in [0.4, 0.5) is 5.69 Å². The van der Waals surface area contributed by atoms with E-state index in [4.69, 9.17) is 22.1 Å². The van der Waals surface area contributed by atoms with Crippen molar-refractivity contribution in [2.45, 2.75) is 27.0 Å². The van der Waals surface area contributed by atoms with Gasteiger partial charge in [-0.25, -0.2) is 4.79 Å². The number of nitrogen functional groups attached to an aromatic ring is 1. The quantitative estimate of drug-likeness (QED) is 0.695. The van der Waals surface area contributed by atoms with Gasteiger partial charge in [-0.1, -0.05) is 17.7 Å². The number of nitrogens with two attached hydrogens (primary N) is 1. The lowest BCUT2D eigenvalue weighted by Gasteiger charge is -2.07. The van der Waals surface area contributed by atoms with Crippen LogP contribution in [0.1, 0.15) is 28.7 Å². The molecule has 2 aromatic rings. The summed E-state index contributed by atoms with van der Waals surface area (Å²) in [5.74, 6) is -0.435. The van der Waals surface area contributed by atoms with Crippen molar-refractivity contribution in [2.75, 3.05) is 5.73 Å². The van der Waals surface area contributed by atoms with Crippen molar-refractivity contribution >= 4 is 23.3 Å². The molecule has 1 heterocycles. The number of rotatable bonds is 4. The third-order valence-electron chi connectivity index (χ3n) is 2.92. The van der Waals surface area contributed by atoms with Crippen LogP contribution in [0, 0.1) is 6.92 Å². The van der Waals surface area contributed by atoms with Gasteiger partial charge in [0.15, 0.2) is 0 Å². The average molecular weight is 294 g/mol. The molecule has 20 heavy (non-hydrogen) atoms. The molecular weight excluding hydrogens is 278 g/mol. The van der Waals surface area contributed by atoms with Crippen molar-refractivity contribution in [1.29, 1.82) is 0 Å². The Morgan fingerprint density at radius 1 is 1.50 bits per heavy atom. The molecule has 0 aliphatic heterocycles. The highest BCUT2D eigenvalue weighted by molar-refractivity contribution is 6.31. The fraction of sp³-hybridized carbons (Fsp3) is 0.286. The first kappa shape index (κ1) is 14.4. The first-order chi connectivity index (χ1) is 9.52. The van der Waals surface area contributed by atoms with Gasteiger partial charge in [-0.15, -0.1) is 0 Å². The van der Waals surface area contributed by atoms with Crippen LogP contribution in [0.15, 0.2) is 24.3 Å². The molecule has 0 amide bonds. The molecule has 0 aliphatic rings. The van der Waals surface area contributed by atoms with Crippen LogP contribution in [0.2, 0.25) is 5.02 Å². The molecule has 106 valence electrons. The van der Waals surface area contributed by atoms with E-state index in [1.165, 1.54) is 0 Å². The lowest BCUT2D eigenvalue weighted by atomic mass is 10.2. The number of aryl methyl sites for hydroxylation is 2. The van der Waals surface area contributed by atoms with Gasteiger partial charge in [-0.2, -0.15) is 5.10 Å². The van der Waals surface area contributed by atoms with Crippen LogP contribution in [-0.4, -0.2) is 15.7 Å². The second kappa shape index (κ2) is 5.96. The molecule has 0 bridgehead atoms. The summed E-state index contributed by atoms with van der Waals surface area (Å²) >= 11 is 6.15. The highest BCUT2D eigenvalue weighted by Crippen LogP contribution is 2.21. The Kier molecular flexibility index (Phi) is 4.29. The summed E-state index contributed by atoms with van der Waals surface area (Å²) < 4.78 is 6.99. The molecule has 2 rings (SSSR count). The Morgan fingerprint density at radius 2 is 2.25 bits per heavy atom. The number of aromatic nitrogens is 2. The molecule has 0 aliphatic carbocycles. The molecule has 0 atom stereocenters. The zero-order chi connectivity index (χ0) is 14.7. The lowest BCUT2D eigenvalue weighted by molar-refractivity contribution is 0.0462. The number of anilines is 1. The molecule has 1 aromatic carbocycles. The van der Waals surface area contributed by atoms with Crippen LogP contribution >= 0.6 is 11.6 Å². The molecule has 0 saturated carbocycles. The molecule has 6 heteroatoms. The zero-order valence-corrected chi connectivity index (χ0v) is 12.1. The highest BCUT2D eigenvalue weighted by atomic mass is 35.5. The van der Waals surface area contributed by atoms with Crippen molar-refractivity contribution in [1.82, 2.24) is 9.78 Å². The predicted molar refractivity (Wildman–Crippen MR) is 77.6 cm³/mol. The van der Waals surface area contributed by atoms with Crippen LogP contribution in [-0.2, 0) is 17.9 Å². The molecule has 0 spiro atoms. The largest absolute Gasteiger partial charge is 0.456 e. The van der Waals surface area contributed by atoms with E-state index in [0.29, 0.717) is 28.5 Å². The van der Waals surface area contributed by atoms with Gasteiger partial charge in [0.2, 0.25) is 0 Å².